The predicted molar refractivity (Wildman–Crippen MR) is 64.5 cm³/mol. The van der Waals surface area contributed by atoms with Crippen LogP contribution in [0.25, 0.3) is 16.8 Å². The predicted octanol–water partition coefficient (Wildman–Crippen LogP) is 4.29. The number of pyridine rings is 1. The largest absolute Gasteiger partial charge is 0.244 e. The van der Waals surface area contributed by atoms with Crippen LogP contribution in [0.5, 0.6) is 0 Å². The van der Waals surface area contributed by atoms with E-state index in [1.54, 1.807) is 6.20 Å². The quantitative estimate of drug-likeness (QED) is 0.703. The summed E-state index contributed by atoms with van der Waals surface area (Å²) in [5, 5.41) is 2.61. The second-order valence-electron chi connectivity index (χ2n) is 2.89. The number of aromatic nitrogens is 1. The highest BCUT2D eigenvalue weighted by atomic mass is 79.9. The van der Waals surface area contributed by atoms with Gasteiger partial charge in [-0.25, -0.2) is 4.98 Å². The summed E-state index contributed by atoms with van der Waals surface area (Å²) in [4.78, 5) is 4.04. The molecule has 14 heavy (non-hydrogen) atoms. The van der Waals surface area contributed by atoms with Crippen LogP contribution in [0, 0.1) is 0 Å². The van der Waals surface area contributed by atoms with E-state index in [1.807, 2.05) is 24.3 Å². The Morgan fingerprint density at radius 1 is 1.36 bits per heavy atom. The summed E-state index contributed by atoms with van der Waals surface area (Å²) in [5.74, 6) is 0. The minimum atomic E-state index is 0.499. The monoisotopic (exact) mass is 267 g/mol. The molecular formula is C11H7BrClN. The van der Waals surface area contributed by atoms with Crippen molar-refractivity contribution in [2.75, 3.05) is 0 Å². The first-order valence-electron chi connectivity index (χ1n) is 4.08. The molecule has 0 unspecified atom stereocenters. The molecule has 0 saturated heterocycles. The van der Waals surface area contributed by atoms with Crippen molar-refractivity contribution in [3.63, 3.8) is 0 Å². The molecule has 0 aliphatic carbocycles. The minimum Gasteiger partial charge on any atom is -0.244 e. The number of fused-ring (bicyclic) bond motifs is 1. The van der Waals surface area contributed by atoms with Crippen LogP contribution >= 0.6 is 27.5 Å². The molecule has 3 heteroatoms. The van der Waals surface area contributed by atoms with Crippen LogP contribution in [-0.2, 0) is 0 Å². The lowest BCUT2D eigenvalue weighted by Gasteiger charge is -2.04. The van der Waals surface area contributed by atoms with Gasteiger partial charge in [0.15, 0.2) is 0 Å². The van der Waals surface area contributed by atoms with Crippen molar-refractivity contribution in [2.24, 2.45) is 0 Å². The molecule has 0 radical (unpaired) electrons. The van der Waals surface area contributed by atoms with E-state index < -0.39 is 0 Å². The molecule has 0 N–H and O–H groups in total. The van der Waals surface area contributed by atoms with E-state index in [-0.39, 0.29) is 0 Å². The molecule has 2 rings (SSSR count). The SMILES string of the molecule is C=Cc1ccc(Br)c2cnc(Cl)cc12. The zero-order valence-corrected chi connectivity index (χ0v) is 9.64. The van der Waals surface area contributed by atoms with Gasteiger partial charge in [-0.05, 0) is 23.1 Å². The molecule has 0 amide bonds. The molecule has 1 aromatic carbocycles. The Morgan fingerprint density at radius 2 is 2.14 bits per heavy atom. The average molecular weight is 269 g/mol. The summed E-state index contributed by atoms with van der Waals surface area (Å²) in [6.07, 6.45) is 3.57. The van der Waals surface area contributed by atoms with Crippen LogP contribution < -0.4 is 0 Å². The van der Waals surface area contributed by atoms with Gasteiger partial charge in [0.1, 0.15) is 5.15 Å². The second kappa shape index (κ2) is 3.71. The fraction of sp³-hybridized carbons (Fsp3) is 0. The lowest BCUT2D eigenvalue weighted by atomic mass is 10.1. The first-order chi connectivity index (χ1) is 6.72. The normalized spacial score (nSPS) is 10.4. The number of halogens is 2. The molecule has 0 bridgehead atoms. The van der Waals surface area contributed by atoms with Gasteiger partial charge in [0.2, 0.25) is 0 Å². The van der Waals surface area contributed by atoms with Crippen LogP contribution in [0.4, 0.5) is 0 Å². The van der Waals surface area contributed by atoms with Crippen molar-refractivity contribution < 1.29 is 0 Å². The van der Waals surface area contributed by atoms with Crippen molar-refractivity contribution in [1.29, 1.82) is 0 Å². The van der Waals surface area contributed by atoms with Gasteiger partial charge in [0.25, 0.3) is 0 Å². The van der Waals surface area contributed by atoms with Crippen LogP contribution in [0.15, 0.2) is 35.4 Å². The van der Waals surface area contributed by atoms with Gasteiger partial charge < -0.3 is 0 Å². The number of benzene rings is 1. The van der Waals surface area contributed by atoms with E-state index in [4.69, 9.17) is 11.6 Å². The average Bonchev–Trinajstić information content (AvgIpc) is 2.18. The fourth-order valence-corrected chi connectivity index (χ4v) is 1.99. The number of hydrogen-bond acceptors (Lipinski definition) is 1. The molecule has 0 aliphatic rings. The van der Waals surface area contributed by atoms with Gasteiger partial charge in [0, 0.05) is 16.1 Å². The van der Waals surface area contributed by atoms with E-state index in [1.165, 1.54) is 0 Å². The number of hydrogen-bond donors (Lipinski definition) is 0. The Hall–Kier alpha value is -0.860. The summed E-state index contributed by atoms with van der Waals surface area (Å²) in [5.41, 5.74) is 1.06. The summed E-state index contributed by atoms with van der Waals surface area (Å²) < 4.78 is 1.02. The molecule has 0 aliphatic heterocycles. The molecule has 0 fully saturated rings. The highest BCUT2D eigenvalue weighted by Crippen LogP contribution is 2.28. The zero-order chi connectivity index (χ0) is 10.1. The van der Waals surface area contributed by atoms with Gasteiger partial charge in [-0.15, -0.1) is 0 Å². The standard InChI is InChI=1S/C11H7BrClN/c1-2-7-3-4-10(12)9-6-14-11(13)5-8(7)9/h2-6H,1H2. The van der Waals surface area contributed by atoms with Gasteiger partial charge in [0.05, 0.1) is 0 Å². The summed E-state index contributed by atoms with van der Waals surface area (Å²) in [7, 11) is 0. The Kier molecular flexibility index (Phi) is 2.57. The Labute approximate surface area is 95.5 Å². The van der Waals surface area contributed by atoms with Crippen molar-refractivity contribution in [3.05, 3.63) is 46.2 Å². The van der Waals surface area contributed by atoms with Gasteiger partial charge in [-0.1, -0.05) is 46.3 Å². The molecule has 0 saturated carbocycles. The van der Waals surface area contributed by atoms with Crippen molar-refractivity contribution in [3.8, 4) is 0 Å². The first kappa shape index (κ1) is 9.69. The molecule has 2 aromatic rings. The molecule has 70 valence electrons. The van der Waals surface area contributed by atoms with Crippen LogP contribution in [0.1, 0.15) is 5.56 Å². The molecular weight excluding hydrogens is 261 g/mol. The smallest absolute Gasteiger partial charge is 0.129 e. The topological polar surface area (TPSA) is 12.9 Å². The van der Waals surface area contributed by atoms with E-state index in [0.717, 1.165) is 20.8 Å². The minimum absolute atomic E-state index is 0.499. The van der Waals surface area contributed by atoms with Crippen molar-refractivity contribution in [1.82, 2.24) is 4.98 Å². The summed E-state index contributed by atoms with van der Waals surface area (Å²) >= 11 is 9.31. The summed E-state index contributed by atoms with van der Waals surface area (Å²) in [6, 6.07) is 5.82. The lowest BCUT2D eigenvalue weighted by molar-refractivity contribution is 1.36. The van der Waals surface area contributed by atoms with Crippen LogP contribution in [0.3, 0.4) is 0 Å². The third-order valence-electron chi connectivity index (χ3n) is 2.07. The third-order valence-corrected chi connectivity index (χ3v) is 2.97. The van der Waals surface area contributed by atoms with Gasteiger partial charge in [-0.2, -0.15) is 0 Å². The number of rotatable bonds is 1. The molecule has 1 aromatic heterocycles. The molecule has 0 atom stereocenters. The maximum absolute atomic E-state index is 5.84. The lowest BCUT2D eigenvalue weighted by Crippen LogP contribution is -1.82. The molecule has 0 spiro atoms. The molecule has 1 nitrogen and oxygen atoms in total. The summed E-state index contributed by atoms with van der Waals surface area (Å²) in [6.45, 7) is 3.76. The maximum Gasteiger partial charge on any atom is 0.129 e. The van der Waals surface area contributed by atoms with Crippen molar-refractivity contribution in [2.45, 2.75) is 0 Å². The highest BCUT2D eigenvalue weighted by Gasteiger charge is 2.03. The Bertz CT molecular complexity index is 508. The van der Waals surface area contributed by atoms with Gasteiger partial charge in [-0.3, -0.25) is 0 Å². The highest BCUT2D eigenvalue weighted by molar-refractivity contribution is 9.10. The third kappa shape index (κ3) is 1.56. The first-order valence-corrected chi connectivity index (χ1v) is 5.25. The van der Waals surface area contributed by atoms with E-state index in [9.17, 15) is 0 Å². The van der Waals surface area contributed by atoms with E-state index >= 15 is 0 Å². The van der Waals surface area contributed by atoms with Crippen LogP contribution in [0.2, 0.25) is 5.15 Å². The Morgan fingerprint density at radius 3 is 2.86 bits per heavy atom. The maximum atomic E-state index is 5.84. The van der Waals surface area contributed by atoms with Gasteiger partial charge >= 0.3 is 0 Å². The van der Waals surface area contributed by atoms with Crippen molar-refractivity contribution >= 4 is 44.4 Å². The van der Waals surface area contributed by atoms with E-state index in [2.05, 4.69) is 27.5 Å². The van der Waals surface area contributed by atoms with Crippen LogP contribution in [-0.4, -0.2) is 4.98 Å². The molecule has 1 heterocycles. The van der Waals surface area contributed by atoms with E-state index in [0.29, 0.717) is 5.15 Å². The second-order valence-corrected chi connectivity index (χ2v) is 4.13. The Balaban J connectivity index is 2.92. The fourth-order valence-electron chi connectivity index (χ4n) is 1.38. The zero-order valence-electron chi connectivity index (χ0n) is 7.30. The number of nitrogens with zero attached hydrogens (tertiary/aromatic N) is 1.